The minimum Gasteiger partial charge on any atom is -0.475 e. The molecule has 0 atom stereocenters. The van der Waals surface area contributed by atoms with E-state index in [9.17, 15) is 4.79 Å². The highest BCUT2D eigenvalue weighted by molar-refractivity contribution is 5.84. The third-order valence-corrected chi connectivity index (χ3v) is 2.43. The molecule has 0 spiro atoms. The van der Waals surface area contributed by atoms with Crippen LogP contribution in [0.5, 0.6) is 0 Å². The van der Waals surface area contributed by atoms with E-state index in [2.05, 4.69) is 5.32 Å². The quantitative estimate of drug-likeness (QED) is 0.830. The Morgan fingerprint density at radius 1 is 1.47 bits per heavy atom. The summed E-state index contributed by atoms with van der Waals surface area (Å²) in [6, 6.07) is 5.23. The molecule has 0 aliphatic rings. The summed E-state index contributed by atoms with van der Waals surface area (Å²) in [5, 5.41) is 11.9. The van der Waals surface area contributed by atoms with E-state index in [4.69, 9.17) is 13.9 Å². The van der Waals surface area contributed by atoms with E-state index in [0.29, 0.717) is 18.8 Å². The summed E-state index contributed by atoms with van der Waals surface area (Å²) < 4.78 is 10.3. The van der Waals surface area contributed by atoms with Crippen molar-refractivity contribution in [2.24, 2.45) is 0 Å². The summed E-state index contributed by atoms with van der Waals surface area (Å²) in [6.45, 7) is 2.89. The molecule has 2 aromatic heterocycles. The molecule has 2 aromatic rings. The van der Waals surface area contributed by atoms with Crippen LogP contribution in [-0.4, -0.2) is 11.1 Å². The van der Waals surface area contributed by atoms with Crippen molar-refractivity contribution in [3.05, 3.63) is 47.3 Å². The second-order valence-electron chi connectivity index (χ2n) is 3.68. The minimum absolute atomic E-state index is 0.0303. The normalized spacial score (nSPS) is 10.6. The summed E-state index contributed by atoms with van der Waals surface area (Å²) in [6.07, 6.45) is 1.61. The predicted molar refractivity (Wildman–Crippen MR) is 59.7 cm³/mol. The smallest absolute Gasteiger partial charge is 0.371 e. The highest BCUT2D eigenvalue weighted by Gasteiger charge is 2.12. The summed E-state index contributed by atoms with van der Waals surface area (Å²) in [5.74, 6) is 0.377. The molecule has 0 aromatic carbocycles. The van der Waals surface area contributed by atoms with Gasteiger partial charge >= 0.3 is 5.97 Å². The van der Waals surface area contributed by atoms with Gasteiger partial charge in [0, 0.05) is 12.1 Å². The van der Waals surface area contributed by atoms with Crippen LogP contribution in [0.4, 0.5) is 0 Å². The van der Waals surface area contributed by atoms with E-state index >= 15 is 0 Å². The standard InChI is InChI=1S/C12H13NO4/c1-8-9(5-11(17-8)12(14)15)6-13-7-10-3-2-4-16-10/h2-5,13H,6-7H2,1H3,(H,14,15). The number of furan rings is 2. The molecule has 0 unspecified atom stereocenters. The molecular weight excluding hydrogens is 222 g/mol. The Balaban J connectivity index is 1.92. The highest BCUT2D eigenvalue weighted by Crippen LogP contribution is 2.14. The number of hydrogen-bond donors (Lipinski definition) is 2. The van der Waals surface area contributed by atoms with Gasteiger partial charge < -0.3 is 19.3 Å². The van der Waals surface area contributed by atoms with Gasteiger partial charge in [-0.15, -0.1) is 0 Å². The van der Waals surface area contributed by atoms with Crippen LogP contribution in [0.25, 0.3) is 0 Å². The fourth-order valence-electron chi connectivity index (χ4n) is 1.53. The van der Waals surface area contributed by atoms with E-state index in [1.54, 1.807) is 13.2 Å². The lowest BCUT2D eigenvalue weighted by molar-refractivity contribution is 0.0661. The molecule has 90 valence electrons. The van der Waals surface area contributed by atoms with Crippen LogP contribution >= 0.6 is 0 Å². The Labute approximate surface area is 98.0 Å². The number of carboxylic acids is 1. The fourth-order valence-corrected chi connectivity index (χ4v) is 1.53. The molecule has 5 heteroatoms. The van der Waals surface area contributed by atoms with Crippen LogP contribution in [0.2, 0.25) is 0 Å². The van der Waals surface area contributed by atoms with E-state index < -0.39 is 5.97 Å². The summed E-state index contributed by atoms with van der Waals surface area (Å²) in [5.41, 5.74) is 0.842. The van der Waals surface area contributed by atoms with Crippen molar-refractivity contribution < 1.29 is 18.7 Å². The Hall–Kier alpha value is -2.01. The molecule has 0 amide bonds. The first-order valence-corrected chi connectivity index (χ1v) is 5.22. The number of carboxylic acid groups (broad SMARTS) is 1. The second kappa shape index (κ2) is 4.88. The van der Waals surface area contributed by atoms with Crippen LogP contribution in [0.3, 0.4) is 0 Å². The SMILES string of the molecule is Cc1oc(C(=O)O)cc1CNCc1ccco1. The Morgan fingerprint density at radius 2 is 2.29 bits per heavy atom. The van der Waals surface area contributed by atoms with Gasteiger partial charge in [0.25, 0.3) is 0 Å². The lowest BCUT2D eigenvalue weighted by atomic mass is 10.2. The van der Waals surface area contributed by atoms with Gasteiger partial charge in [-0.3, -0.25) is 0 Å². The highest BCUT2D eigenvalue weighted by atomic mass is 16.4. The van der Waals surface area contributed by atoms with Gasteiger partial charge in [0.05, 0.1) is 12.8 Å². The van der Waals surface area contributed by atoms with Gasteiger partial charge in [0.1, 0.15) is 11.5 Å². The van der Waals surface area contributed by atoms with Crippen molar-refractivity contribution in [1.29, 1.82) is 0 Å². The number of hydrogen-bond acceptors (Lipinski definition) is 4. The van der Waals surface area contributed by atoms with Crippen molar-refractivity contribution in [3.8, 4) is 0 Å². The molecule has 0 aliphatic heterocycles. The van der Waals surface area contributed by atoms with Gasteiger partial charge in [0.2, 0.25) is 5.76 Å². The third kappa shape index (κ3) is 2.76. The van der Waals surface area contributed by atoms with Crippen LogP contribution < -0.4 is 5.32 Å². The maximum absolute atomic E-state index is 10.7. The van der Waals surface area contributed by atoms with Crippen LogP contribution in [-0.2, 0) is 13.1 Å². The third-order valence-electron chi connectivity index (χ3n) is 2.43. The van der Waals surface area contributed by atoms with E-state index in [0.717, 1.165) is 11.3 Å². The van der Waals surface area contributed by atoms with E-state index in [1.165, 1.54) is 6.07 Å². The molecule has 17 heavy (non-hydrogen) atoms. The molecule has 0 saturated carbocycles. The van der Waals surface area contributed by atoms with E-state index in [-0.39, 0.29) is 5.76 Å². The molecule has 0 saturated heterocycles. The second-order valence-corrected chi connectivity index (χ2v) is 3.68. The minimum atomic E-state index is -1.05. The van der Waals surface area contributed by atoms with Crippen LogP contribution in [0, 0.1) is 6.92 Å². The molecule has 5 nitrogen and oxygen atoms in total. The van der Waals surface area contributed by atoms with Gasteiger partial charge in [-0.05, 0) is 25.1 Å². The topological polar surface area (TPSA) is 75.6 Å². The molecule has 2 N–H and O–H groups in total. The van der Waals surface area contributed by atoms with E-state index in [1.807, 2.05) is 12.1 Å². The van der Waals surface area contributed by atoms with Gasteiger partial charge in [-0.25, -0.2) is 4.79 Å². The number of carbonyl (C=O) groups is 1. The zero-order valence-electron chi connectivity index (χ0n) is 9.40. The molecule has 0 radical (unpaired) electrons. The summed E-state index contributed by atoms with van der Waals surface area (Å²) in [7, 11) is 0. The van der Waals surface area contributed by atoms with Gasteiger partial charge in [-0.1, -0.05) is 0 Å². The van der Waals surface area contributed by atoms with Crippen molar-refractivity contribution >= 4 is 5.97 Å². The van der Waals surface area contributed by atoms with Crippen LogP contribution in [0.1, 0.15) is 27.6 Å². The Morgan fingerprint density at radius 3 is 2.88 bits per heavy atom. The maximum atomic E-state index is 10.7. The Bertz CT molecular complexity index is 499. The molecule has 0 fully saturated rings. The first-order valence-electron chi connectivity index (χ1n) is 5.22. The molecule has 0 aliphatic carbocycles. The van der Waals surface area contributed by atoms with Crippen molar-refractivity contribution in [1.82, 2.24) is 5.32 Å². The lowest BCUT2D eigenvalue weighted by Gasteiger charge is -2.00. The fraction of sp³-hybridized carbons (Fsp3) is 0.250. The molecular formula is C12H13NO4. The largest absolute Gasteiger partial charge is 0.475 e. The Kier molecular flexibility index (Phi) is 3.30. The maximum Gasteiger partial charge on any atom is 0.371 e. The van der Waals surface area contributed by atoms with Crippen molar-refractivity contribution in [3.63, 3.8) is 0 Å². The zero-order chi connectivity index (χ0) is 12.3. The average Bonchev–Trinajstić information content (AvgIpc) is 2.89. The van der Waals surface area contributed by atoms with Crippen LogP contribution in [0.15, 0.2) is 33.3 Å². The number of rotatable bonds is 5. The lowest BCUT2D eigenvalue weighted by Crippen LogP contribution is -2.12. The first-order chi connectivity index (χ1) is 8.16. The molecule has 2 rings (SSSR count). The van der Waals surface area contributed by atoms with Crippen molar-refractivity contribution in [2.45, 2.75) is 20.0 Å². The predicted octanol–water partition coefficient (Wildman–Crippen LogP) is 2.17. The molecule has 0 bridgehead atoms. The zero-order valence-corrected chi connectivity index (χ0v) is 9.40. The number of aryl methyl sites for hydroxylation is 1. The monoisotopic (exact) mass is 235 g/mol. The average molecular weight is 235 g/mol. The van der Waals surface area contributed by atoms with Gasteiger partial charge in [0.15, 0.2) is 0 Å². The molecule has 2 heterocycles. The summed E-state index contributed by atoms with van der Waals surface area (Å²) >= 11 is 0. The first kappa shape index (κ1) is 11.5. The van der Waals surface area contributed by atoms with Gasteiger partial charge in [-0.2, -0.15) is 0 Å². The number of aromatic carboxylic acids is 1. The van der Waals surface area contributed by atoms with Crippen molar-refractivity contribution in [2.75, 3.05) is 0 Å². The summed E-state index contributed by atoms with van der Waals surface area (Å²) in [4.78, 5) is 10.7. The number of nitrogens with one attached hydrogen (secondary N) is 1.